The number of fused-ring (bicyclic) bond motifs is 1. The summed E-state index contributed by atoms with van der Waals surface area (Å²) in [4.78, 5) is 15.7. The van der Waals surface area contributed by atoms with Crippen molar-refractivity contribution in [3.05, 3.63) is 12.2 Å². The first-order valence-electron chi connectivity index (χ1n) is 9.70. The molecular formula is C20H28N2O3S. The zero-order valence-corrected chi connectivity index (χ0v) is 15.9. The molecule has 0 spiro atoms. The largest absolute Gasteiger partial charge is 0.392 e. The van der Waals surface area contributed by atoms with Gasteiger partial charge in [-0.1, -0.05) is 25.0 Å². The number of aliphatic hydroxyl groups is 2. The number of thiol groups is 1. The van der Waals surface area contributed by atoms with Crippen LogP contribution in [0.5, 0.6) is 0 Å². The van der Waals surface area contributed by atoms with Crippen molar-refractivity contribution in [2.45, 2.75) is 75.5 Å². The molecule has 0 saturated heterocycles. The van der Waals surface area contributed by atoms with Crippen LogP contribution in [-0.2, 0) is 4.79 Å². The van der Waals surface area contributed by atoms with Gasteiger partial charge in [0.15, 0.2) is 10.7 Å². The maximum Gasteiger partial charge on any atom is 0.185 e. The average Bonchev–Trinajstić information content (AvgIpc) is 3.28. The van der Waals surface area contributed by atoms with Gasteiger partial charge in [-0.05, 0) is 38.0 Å². The second-order valence-corrected chi connectivity index (χ2v) is 8.54. The molecule has 0 bridgehead atoms. The first-order valence-corrected chi connectivity index (χ1v) is 10.1. The van der Waals surface area contributed by atoms with E-state index in [-0.39, 0.29) is 17.0 Å². The summed E-state index contributed by atoms with van der Waals surface area (Å²) in [6.45, 7) is 0. The Morgan fingerprint density at radius 2 is 2.19 bits per heavy atom. The van der Waals surface area contributed by atoms with E-state index in [9.17, 15) is 20.3 Å². The lowest BCUT2D eigenvalue weighted by molar-refractivity contribution is -0.110. The van der Waals surface area contributed by atoms with Crippen molar-refractivity contribution in [1.29, 1.82) is 5.26 Å². The molecule has 0 aromatic carbocycles. The van der Waals surface area contributed by atoms with Crippen LogP contribution in [0.1, 0.15) is 57.8 Å². The van der Waals surface area contributed by atoms with Crippen molar-refractivity contribution in [1.82, 2.24) is 0 Å². The number of carbonyl (C=O) groups excluding carboxylic acids is 1. The lowest BCUT2D eigenvalue weighted by atomic mass is 9.82. The third-order valence-corrected chi connectivity index (χ3v) is 6.54. The van der Waals surface area contributed by atoms with Gasteiger partial charge >= 0.3 is 0 Å². The molecule has 6 heteroatoms. The second kappa shape index (κ2) is 8.24. The Bertz CT molecular complexity index is 635. The summed E-state index contributed by atoms with van der Waals surface area (Å²) in [7, 11) is 0. The Morgan fingerprint density at radius 1 is 1.46 bits per heavy atom. The summed E-state index contributed by atoms with van der Waals surface area (Å²) in [5.41, 5.74) is 0.111. The molecule has 0 radical (unpaired) electrons. The summed E-state index contributed by atoms with van der Waals surface area (Å²) in [5.74, 6) is 0.120. The summed E-state index contributed by atoms with van der Waals surface area (Å²) in [6, 6.07) is 2.35. The average molecular weight is 377 g/mol. The number of nitrogens with zero attached hydrogens (tertiary/aromatic N) is 2. The van der Waals surface area contributed by atoms with E-state index in [1.54, 1.807) is 0 Å². The molecule has 0 aromatic heterocycles. The zero-order chi connectivity index (χ0) is 18.7. The van der Waals surface area contributed by atoms with Crippen molar-refractivity contribution in [3.8, 4) is 6.07 Å². The van der Waals surface area contributed by atoms with E-state index in [1.165, 1.54) is 12.8 Å². The van der Waals surface area contributed by atoms with Gasteiger partial charge in [0.25, 0.3) is 0 Å². The topological polar surface area (TPSA) is 93.7 Å². The van der Waals surface area contributed by atoms with Gasteiger partial charge in [0, 0.05) is 30.4 Å². The molecule has 0 aromatic rings. The molecule has 0 amide bonds. The van der Waals surface area contributed by atoms with Crippen LogP contribution in [0.25, 0.3) is 0 Å². The molecular weight excluding hydrogens is 348 g/mol. The second-order valence-electron chi connectivity index (χ2n) is 8.04. The maximum absolute atomic E-state index is 11.0. The highest BCUT2D eigenvalue weighted by atomic mass is 32.1. The Kier molecular flexibility index (Phi) is 6.21. The Balaban J connectivity index is 1.66. The maximum atomic E-state index is 11.0. The SMILES string of the molecule is N#CC12CC(O)C(/C=C/C(O)C3CCCC3)C1CC(CCCC(=O)S)=N2. The van der Waals surface area contributed by atoms with Gasteiger partial charge < -0.3 is 10.2 Å². The summed E-state index contributed by atoms with van der Waals surface area (Å²) >= 11 is 3.79. The molecule has 5 atom stereocenters. The summed E-state index contributed by atoms with van der Waals surface area (Å²) < 4.78 is 0. The molecule has 2 fully saturated rings. The van der Waals surface area contributed by atoms with Crippen LogP contribution in [-0.4, -0.2) is 38.8 Å². The minimum absolute atomic E-state index is 0.0452. The van der Waals surface area contributed by atoms with Crippen molar-refractivity contribution in [2.75, 3.05) is 0 Å². The quantitative estimate of drug-likeness (QED) is 0.470. The summed E-state index contributed by atoms with van der Waals surface area (Å²) in [6.07, 6.45) is 9.97. The fraction of sp³-hybridized carbons (Fsp3) is 0.750. The van der Waals surface area contributed by atoms with Crippen LogP contribution in [0.2, 0.25) is 0 Å². The number of aliphatic hydroxyl groups excluding tert-OH is 2. The summed E-state index contributed by atoms with van der Waals surface area (Å²) in [5, 5.41) is 30.5. The standard InChI is InChI=1S/C20H28N2O3S/c21-12-20-11-18(24)15(8-9-17(23)13-4-1-2-5-13)16(20)10-14(22-20)6-3-7-19(25)26/h8-9,13,15-18,23-24H,1-7,10-11H2,(H,25,26)/b9-8+. The van der Waals surface area contributed by atoms with Crippen LogP contribution in [0.15, 0.2) is 17.1 Å². The zero-order valence-electron chi connectivity index (χ0n) is 15.0. The molecule has 2 saturated carbocycles. The molecule has 5 nitrogen and oxygen atoms in total. The van der Waals surface area contributed by atoms with Crippen LogP contribution >= 0.6 is 12.6 Å². The fourth-order valence-electron chi connectivity index (χ4n) is 4.92. The van der Waals surface area contributed by atoms with Crippen LogP contribution < -0.4 is 0 Å². The van der Waals surface area contributed by atoms with Gasteiger partial charge in [-0.15, -0.1) is 12.6 Å². The highest BCUT2D eigenvalue weighted by Gasteiger charge is 2.56. The smallest absolute Gasteiger partial charge is 0.185 e. The number of carbonyl (C=O) groups is 1. The van der Waals surface area contributed by atoms with Crippen molar-refractivity contribution in [3.63, 3.8) is 0 Å². The molecule has 5 unspecified atom stereocenters. The lowest BCUT2D eigenvalue weighted by Crippen LogP contribution is -2.27. The fourth-order valence-corrected chi connectivity index (χ4v) is 5.08. The first-order chi connectivity index (χ1) is 12.4. The molecule has 3 rings (SSSR count). The van der Waals surface area contributed by atoms with E-state index in [1.807, 2.05) is 12.2 Å². The third-order valence-electron chi connectivity index (χ3n) is 6.32. The van der Waals surface area contributed by atoms with Gasteiger partial charge in [0.2, 0.25) is 0 Å². The third kappa shape index (κ3) is 4.05. The van der Waals surface area contributed by atoms with E-state index in [4.69, 9.17) is 0 Å². The van der Waals surface area contributed by atoms with E-state index in [0.717, 1.165) is 18.6 Å². The number of aliphatic imine (C=N–C) groups is 1. The minimum atomic E-state index is -0.854. The number of hydrogen-bond acceptors (Lipinski definition) is 5. The first kappa shape index (κ1) is 19.6. The Labute approximate surface area is 160 Å². The molecule has 1 heterocycles. The minimum Gasteiger partial charge on any atom is -0.392 e. The van der Waals surface area contributed by atoms with Gasteiger partial charge in [-0.25, -0.2) is 0 Å². The highest BCUT2D eigenvalue weighted by molar-refractivity contribution is 7.96. The van der Waals surface area contributed by atoms with E-state index in [2.05, 4.69) is 23.7 Å². The van der Waals surface area contributed by atoms with Crippen molar-refractivity contribution >= 4 is 23.5 Å². The lowest BCUT2D eigenvalue weighted by Gasteiger charge is -2.21. The Hall–Kier alpha value is -1.16. The number of rotatable bonds is 7. The van der Waals surface area contributed by atoms with E-state index < -0.39 is 17.7 Å². The predicted octanol–water partition coefficient (Wildman–Crippen LogP) is 2.82. The molecule has 2 aliphatic carbocycles. The number of hydrogen-bond donors (Lipinski definition) is 3. The van der Waals surface area contributed by atoms with Crippen LogP contribution in [0, 0.1) is 29.1 Å². The van der Waals surface area contributed by atoms with Crippen LogP contribution in [0.4, 0.5) is 0 Å². The van der Waals surface area contributed by atoms with Crippen LogP contribution in [0.3, 0.4) is 0 Å². The van der Waals surface area contributed by atoms with E-state index >= 15 is 0 Å². The normalized spacial score (nSPS) is 35.5. The monoisotopic (exact) mass is 376 g/mol. The highest BCUT2D eigenvalue weighted by Crippen LogP contribution is 2.50. The molecule has 2 N–H and O–H groups in total. The van der Waals surface area contributed by atoms with Gasteiger partial charge in [-0.3, -0.25) is 9.79 Å². The van der Waals surface area contributed by atoms with Gasteiger partial charge in [-0.2, -0.15) is 5.26 Å². The van der Waals surface area contributed by atoms with Gasteiger partial charge in [0.05, 0.1) is 18.3 Å². The molecule has 1 aliphatic heterocycles. The van der Waals surface area contributed by atoms with Crippen molar-refractivity contribution in [2.24, 2.45) is 22.7 Å². The van der Waals surface area contributed by atoms with Crippen molar-refractivity contribution < 1.29 is 15.0 Å². The predicted molar refractivity (Wildman–Crippen MR) is 103 cm³/mol. The van der Waals surface area contributed by atoms with Gasteiger partial charge in [0.1, 0.15) is 0 Å². The number of nitriles is 1. The molecule has 3 aliphatic rings. The van der Waals surface area contributed by atoms with E-state index in [0.29, 0.717) is 38.0 Å². The molecule has 26 heavy (non-hydrogen) atoms. The molecule has 142 valence electrons. The Morgan fingerprint density at radius 3 is 2.85 bits per heavy atom.